The Morgan fingerprint density at radius 2 is 2.09 bits per heavy atom. The van der Waals surface area contributed by atoms with Gasteiger partial charge in [0.1, 0.15) is 0 Å². The van der Waals surface area contributed by atoms with Crippen LogP contribution in [-0.4, -0.2) is 30.2 Å². The van der Waals surface area contributed by atoms with Gasteiger partial charge in [-0.1, -0.05) is 30.7 Å². The minimum atomic E-state index is -1.42. The van der Waals surface area contributed by atoms with E-state index < -0.39 is 11.5 Å². The summed E-state index contributed by atoms with van der Waals surface area (Å²) in [6.07, 6.45) is 2.23. The van der Waals surface area contributed by atoms with Gasteiger partial charge >= 0.3 is 5.97 Å². The number of aliphatic carboxylic acids is 1. The molecule has 1 amide bonds. The van der Waals surface area contributed by atoms with Crippen molar-refractivity contribution in [3.63, 3.8) is 0 Å². The van der Waals surface area contributed by atoms with Gasteiger partial charge in [-0.2, -0.15) is 0 Å². The van der Waals surface area contributed by atoms with E-state index in [0.29, 0.717) is 36.0 Å². The largest absolute Gasteiger partial charge is 0.479 e. The van der Waals surface area contributed by atoms with E-state index in [1.807, 2.05) is 0 Å². The van der Waals surface area contributed by atoms with Crippen LogP contribution < -0.4 is 5.32 Å². The van der Waals surface area contributed by atoms with Gasteiger partial charge in [0.25, 0.3) is 0 Å². The number of rotatable bonds is 7. The Kier molecular flexibility index (Phi) is 6.02. The predicted molar refractivity (Wildman–Crippen MR) is 87.4 cm³/mol. The van der Waals surface area contributed by atoms with E-state index in [2.05, 4.69) is 5.32 Å². The highest BCUT2D eigenvalue weighted by Gasteiger charge is 2.40. The fourth-order valence-electron chi connectivity index (χ4n) is 2.87. The molecule has 2 atom stereocenters. The number of ether oxygens (including phenoxy) is 1. The third-order valence-electron chi connectivity index (χ3n) is 4.39. The van der Waals surface area contributed by atoms with Gasteiger partial charge in [-0.15, -0.1) is 0 Å². The minimum absolute atomic E-state index is 0.252. The maximum Gasteiger partial charge on any atom is 0.334 e. The van der Waals surface area contributed by atoms with Gasteiger partial charge in [0.15, 0.2) is 5.54 Å². The third-order valence-corrected chi connectivity index (χ3v) is 4.64. The number of hydrogen-bond acceptors (Lipinski definition) is 3. The van der Waals surface area contributed by atoms with Gasteiger partial charge in [-0.05, 0) is 42.9 Å². The average molecular weight is 340 g/mol. The maximum atomic E-state index is 12.3. The van der Waals surface area contributed by atoms with E-state index in [0.717, 1.165) is 13.0 Å². The van der Waals surface area contributed by atoms with E-state index in [9.17, 15) is 14.7 Å². The molecule has 6 heteroatoms. The molecular weight excluding hydrogens is 318 g/mol. The Labute approximate surface area is 141 Å². The van der Waals surface area contributed by atoms with Crippen molar-refractivity contribution in [3.05, 3.63) is 34.9 Å². The van der Waals surface area contributed by atoms with Crippen LogP contribution in [-0.2, 0) is 19.9 Å². The number of halogens is 1. The second kappa shape index (κ2) is 7.79. The number of carbonyl (C=O) groups excluding carboxylic acids is 1. The Morgan fingerprint density at radius 1 is 1.39 bits per heavy atom. The van der Waals surface area contributed by atoms with Gasteiger partial charge in [-0.3, -0.25) is 4.79 Å². The molecule has 0 saturated carbocycles. The molecule has 2 unspecified atom stereocenters. The Bertz CT molecular complexity index is 554. The van der Waals surface area contributed by atoms with Crippen LogP contribution in [0.15, 0.2) is 24.3 Å². The van der Waals surface area contributed by atoms with Crippen LogP contribution in [0.5, 0.6) is 0 Å². The molecule has 1 aliphatic rings. The molecule has 1 saturated heterocycles. The van der Waals surface area contributed by atoms with Crippen LogP contribution in [0.4, 0.5) is 0 Å². The van der Waals surface area contributed by atoms with E-state index in [4.69, 9.17) is 16.3 Å². The molecule has 1 aliphatic heterocycles. The van der Waals surface area contributed by atoms with Crippen molar-refractivity contribution in [2.24, 2.45) is 5.92 Å². The zero-order valence-corrected chi connectivity index (χ0v) is 13.9. The summed E-state index contributed by atoms with van der Waals surface area (Å²) in [6.45, 7) is 3.17. The summed E-state index contributed by atoms with van der Waals surface area (Å²) in [4.78, 5) is 24.1. The van der Waals surface area contributed by atoms with E-state index in [1.54, 1.807) is 31.2 Å². The van der Waals surface area contributed by atoms with Crippen molar-refractivity contribution < 1.29 is 19.4 Å². The van der Waals surface area contributed by atoms with Gasteiger partial charge < -0.3 is 15.2 Å². The normalized spacial score (nSPS) is 20.0. The number of benzene rings is 1. The lowest BCUT2D eigenvalue weighted by molar-refractivity contribution is -0.148. The summed E-state index contributed by atoms with van der Waals surface area (Å²) in [5.74, 6) is -0.937. The number of nitrogens with one attached hydrogen (secondary N) is 1. The summed E-state index contributed by atoms with van der Waals surface area (Å²) in [5, 5.41) is 12.9. The van der Waals surface area contributed by atoms with Gasteiger partial charge in [0.05, 0.1) is 0 Å². The quantitative estimate of drug-likeness (QED) is 0.800. The summed E-state index contributed by atoms with van der Waals surface area (Å²) < 4.78 is 5.29. The van der Waals surface area contributed by atoms with Crippen molar-refractivity contribution in [3.8, 4) is 0 Å². The second-order valence-electron chi connectivity index (χ2n) is 5.89. The van der Waals surface area contributed by atoms with E-state index in [-0.39, 0.29) is 12.3 Å². The SMILES string of the molecule is CCC(NC(=O)CCC1CCOC1)(C(=O)O)c1ccc(Cl)cc1. The Balaban J connectivity index is 2.09. The van der Waals surface area contributed by atoms with Crippen LogP contribution in [0, 0.1) is 5.92 Å². The highest BCUT2D eigenvalue weighted by Crippen LogP contribution is 2.27. The molecular formula is C17H22ClNO4. The molecule has 0 aromatic heterocycles. The highest BCUT2D eigenvalue weighted by molar-refractivity contribution is 6.30. The monoisotopic (exact) mass is 339 g/mol. The Hall–Kier alpha value is -1.59. The fourth-order valence-corrected chi connectivity index (χ4v) is 3.00. The molecule has 0 radical (unpaired) electrons. The first kappa shape index (κ1) is 17.8. The number of amides is 1. The van der Waals surface area contributed by atoms with Crippen LogP contribution in [0.1, 0.15) is 38.2 Å². The summed E-state index contributed by atoms with van der Waals surface area (Å²) in [7, 11) is 0. The number of hydrogen-bond donors (Lipinski definition) is 2. The zero-order chi connectivity index (χ0) is 16.9. The van der Waals surface area contributed by atoms with Crippen molar-refractivity contribution >= 4 is 23.5 Å². The van der Waals surface area contributed by atoms with Crippen molar-refractivity contribution in [2.45, 2.75) is 38.1 Å². The summed E-state index contributed by atoms with van der Waals surface area (Å²) >= 11 is 5.87. The third kappa shape index (κ3) is 4.24. The van der Waals surface area contributed by atoms with Crippen molar-refractivity contribution in [1.29, 1.82) is 0 Å². The topological polar surface area (TPSA) is 75.6 Å². The first-order valence-corrected chi connectivity index (χ1v) is 8.24. The molecule has 0 spiro atoms. The standard InChI is InChI=1S/C17H22ClNO4/c1-2-17(16(21)22,13-4-6-14(18)7-5-13)19-15(20)8-3-12-9-10-23-11-12/h4-7,12H,2-3,8-11H2,1H3,(H,19,20)(H,21,22). The number of carboxylic acid groups (broad SMARTS) is 1. The first-order valence-electron chi connectivity index (χ1n) is 7.86. The van der Waals surface area contributed by atoms with Crippen molar-refractivity contribution in [2.75, 3.05) is 13.2 Å². The Morgan fingerprint density at radius 3 is 2.61 bits per heavy atom. The molecule has 1 aromatic carbocycles. The summed E-state index contributed by atoms with van der Waals surface area (Å²) in [5.41, 5.74) is -0.900. The number of carbonyl (C=O) groups is 2. The number of carboxylic acids is 1. The zero-order valence-electron chi connectivity index (χ0n) is 13.2. The predicted octanol–water partition coefficient (Wildman–Crippen LogP) is 2.96. The minimum Gasteiger partial charge on any atom is -0.479 e. The molecule has 2 N–H and O–H groups in total. The molecule has 1 aromatic rings. The lowest BCUT2D eigenvalue weighted by Crippen LogP contribution is -2.51. The molecule has 0 aliphatic carbocycles. The lowest BCUT2D eigenvalue weighted by Gasteiger charge is -2.30. The van der Waals surface area contributed by atoms with Crippen LogP contribution in [0.3, 0.4) is 0 Å². The molecule has 1 heterocycles. The van der Waals surface area contributed by atoms with Gasteiger partial charge in [0.2, 0.25) is 5.91 Å². The molecule has 126 valence electrons. The molecule has 23 heavy (non-hydrogen) atoms. The van der Waals surface area contributed by atoms with Gasteiger partial charge in [-0.25, -0.2) is 4.79 Å². The fraction of sp³-hybridized carbons (Fsp3) is 0.529. The maximum absolute atomic E-state index is 12.3. The molecule has 5 nitrogen and oxygen atoms in total. The van der Waals surface area contributed by atoms with E-state index in [1.165, 1.54) is 0 Å². The molecule has 2 rings (SSSR count). The van der Waals surface area contributed by atoms with Gasteiger partial charge in [0, 0.05) is 24.7 Å². The summed E-state index contributed by atoms with van der Waals surface area (Å²) in [6, 6.07) is 6.55. The van der Waals surface area contributed by atoms with Crippen LogP contribution in [0.25, 0.3) is 0 Å². The van der Waals surface area contributed by atoms with Crippen LogP contribution >= 0.6 is 11.6 Å². The van der Waals surface area contributed by atoms with Crippen LogP contribution in [0.2, 0.25) is 5.02 Å². The van der Waals surface area contributed by atoms with Crippen molar-refractivity contribution in [1.82, 2.24) is 5.32 Å². The highest BCUT2D eigenvalue weighted by atomic mass is 35.5. The second-order valence-corrected chi connectivity index (χ2v) is 6.32. The first-order chi connectivity index (χ1) is 11.0. The lowest BCUT2D eigenvalue weighted by atomic mass is 9.86. The van der Waals surface area contributed by atoms with E-state index >= 15 is 0 Å². The molecule has 1 fully saturated rings. The average Bonchev–Trinajstić information content (AvgIpc) is 3.05. The smallest absolute Gasteiger partial charge is 0.334 e. The molecule has 0 bridgehead atoms.